The molecule has 68 valence electrons. The van der Waals surface area contributed by atoms with Crippen LogP contribution in [-0.2, 0) is 4.79 Å². The second kappa shape index (κ2) is 4.26. The van der Waals surface area contributed by atoms with Crippen molar-refractivity contribution in [2.45, 2.75) is 38.1 Å². The van der Waals surface area contributed by atoms with Crippen LogP contribution in [0.4, 0.5) is 0 Å². The molecule has 0 fully saturated rings. The van der Waals surface area contributed by atoms with Crippen molar-refractivity contribution in [3.8, 4) is 0 Å². The lowest BCUT2D eigenvalue weighted by Gasteiger charge is -2.14. The fourth-order valence-electron chi connectivity index (χ4n) is 1.46. The second-order valence-corrected chi connectivity index (χ2v) is 3.26. The average molecular weight is 169 g/mol. The van der Waals surface area contributed by atoms with Crippen LogP contribution in [0.5, 0.6) is 0 Å². The van der Waals surface area contributed by atoms with Crippen LogP contribution in [0.3, 0.4) is 0 Å². The Morgan fingerprint density at radius 1 is 1.67 bits per heavy atom. The number of carboxylic acids is 1. The molecular formula is C9H15NO2. The molecule has 3 heteroatoms. The van der Waals surface area contributed by atoms with Crippen LogP contribution in [-0.4, -0.2) is 17.1 Å². The minimum Gasteiger partial charge on any atom is -0.480 e. The highest BCUT2D eigenvalue weighted by molar-refractivity contribution is 5.73. The molecule has 0 bridgehead atoms. The third-order valence-corrected chi connectivity index (χ3v) is 2.18. The first-order valence-corrected chi connectivity index (χ1v) is 4.36. The van der Waals surface area contributed by atoms with Gasteiger partial charge in [-0.1, -0.05) is 11.6 Å². The average Bonchev–Trinajstić information content (AvgIpc) is 2.06. The van der Waals surface area contributed by atoms with Gasteiger partial charge in [0, 0.05) is 0 Å². The molecule has 1 aliphatic carbocycles. The zero-order valence-corrected chi connectivity index (χ0v) is 7.12. The summed E-state index contributed by atoms with van der Waals surface area (Å²) in [5.74, 6) is -0.901. The quantitative estimate of drug-likeness (QED) is 0.626. The van der Waals surface area contributed by atoms with Gasteiger partial charge in [-0.3, -0.25) is 4.79 Å². The lowest BCUT2D eigenvalue weighted by atomic mass is 9.95. The Balaban J connectivity index is 2.39. The van der Waals surface area contributed by atoms with Gasteiger partial charge in [-0.05, 0) is 32.1 Å². The van der Waals surface area contributed by atoms with Crippen LogP contribution in [0.2, 0.25) is 0 Å². The summed E-state index contributed by atoms with van der Waals surface area (Å²) in [5, 5.41) is 8.56. The monoisotopic (exact) mass is 169 g/mol. The highest BCUT2D eigenvalue weighted by Gasteiger charge is 2.14. The van der Waals surface area contributed by atoms with E-state index in [0.717, 1.165) is 12.8 Å². The third kappa shape index (κ3) is 2.66. The Morgan fingerprint density at radius 3 is 2.92 bits per heavy atom. The van der Waals surface area contributed by atoms with Gasteiger partial charge in [-0.25, -0.2) is 0 Å². The summed E-state index contributed by atoms with van der Waals surface area (Å²) in [4.78, 5) is 10.4. The molecule has 3 N–H and O–H groups in total. The van der Waals surface area contributed by atoms with Gasteiger partial charge in [0.25, 0.3) is 0 Å². The Bertz CT molecular complexity index is 199. The molecule has 0 radical (unpaired) electrons. The first kappa shape index (κ1) is 9.26. The summed E-state index contributed by atoms with van der Waals surface area (Å²) in [6, 6.07) is -0.714. The van der Waals surface area contributed by atoms with Crippen molar-refractivity contribution in [3.63, 3.8) is 0 Å². The van der Waals surface area contributed by atoms with Crippen LogP contribution in [0.1, 0.15) is 32.1 Å². The Hall–Kier alpha value is -0.830. The van der Waals surface area contributed by atoms with Crippen LogP contribution in [0.15, 0.2) is 11.6 Å². The minimum absolute atomic E-state index is 0.523. The smallest absolute Gasteiger partial charge is 0.320 e. The third-order valence-electron chi connectivity index (χ3n) is 2.18. The molecule has 1 atom stereocenters. The fraction of sp³-hybridized carbons (Fsp3) is 0.667. The molecule has 0 aromatic heterocycles. The van der Waals surface area contributed by atoms with Gasteiger partial charge in [-0.15, -0.1) is 0 Å². The first-order valence-electron chi connectivity index (χ1n) is 4.36. The lowest BCUT2D eigenvalue weighted by Crippen LogP contribution is -2.30. The van der Waals surface area contributed by atoms with E-state index in [9.17, 15) is 4.79 Å². The molecule has 3 nitrogen and oxygen atoms in total. The number of allylic oxidation sites excluding steroid dienone is 1. The van der Waals surface area contributed by atoms with E-state index in [1.54, 1.807) is 0 Å². The number of hydrogen-bond acceptors (Lipinski definition) is 2. The zero-order valence-electron chi connectivity index (χ0n) is 7.12. The standard InChI is InChI=1S/C9H15NO2/c10-8(9(11)12)6-7-4-2-1-3-5-7/h4,8H,1-3,5-6,10H2,(H,11,12)/t8-/m0/s1. The summed E-state index contributed by atoms with van der Waals surface area (Å²) in [5.41, 5.74) is 6.63. The predicted molar refractivity (Wildman–Crippen MR) is 46.8 cm³/mol. The first-order chi connectivity index (χ1) is 5.70. The molecule has 1 aliphatic rings. The van der Waals surface area contributed by atoms with Gasteiger partial charge >= 0.3 is 5.97 Å². The van der Waals surface area contributed by atoms with Crippen molar-refractivity contribution in [1.82, 2.24) is 0 Å². The topological polar surface area (TPSA) is 63.3 Å². The van der Waals surface area contributed by atoms with Crippen LogP contribution in [0.25, 0.3) is 0 Å². The number of hydrogen-bond donors (Lipinski definition) is 2. The van der Waals surface area contributed by atoms with Crippen LogP contribution < -0.4 is 5.73 Å². The summed E-state index contributed by atoms with van der Waals surface area (Å²) in [6.45, 7) is 0. The molecule has 0 saturated carbocycles. The zero-order chi connectivity index (χ0) is 8.97. The summed E-state index contributed by atoms with van der Waals surface area (Å²) < 4.78 is 0. The molecule has 12 heavy (non-hydrogen) atoms. The van der Waals surface area contributed by atoms with E-state index in [0.29, 0.717) is 6.42 Å². The van der Waals surface area contributed by atoms with Gasteiger partial charge in [0.05, 0.1) is 0 Å². The second-order valence-electron chi connectivity index (χ2n) is 3.26. The Morgan fingerprint density at radius 2 is 2.42 bits per heavy atom. The molecule has 0 unspecified atom stereocenters. The number of rotatable bonds is 3. The number of carboxylic acid groups (broad SMARTS) is 1. The SMILES string of the molecule is N[C@@H](CC1=CCCCC1)C(=O)O. The van der Waals surface area contributed by atoms with Crippen molar-refractivity contribution < 1.29 is 9.90 Å². The molecule has 0 amide bonds. The van der Waals surface area contributed by atoms with E-state index >= 15 is 0 Å². The molecular weight excluding hydrogens is 154 g/mol. The van der Waals surface area contributed by atoms with Crippen molar-refractivity contribution in [2.24, 2.45) is 5.73 Å². The highest BCUT2D eigenvalue weighted by Crippen LogP contribution is 2.20. The number of carbonyl (C=O) groups is 1. The maximum absolute atomic E-state index is 10.4. The summed E-state index contributed by atoms with van der Waals surface area (Å²) in [6.07, 6.45) is 7.17. The number of aliphatic carboxylic acids is 1. The van der Waals surface area contributed by atoms with Gasteiger partial charge in [0.15, 0.2) is 0 Å². The molecule has 0 saturated heterocycles. The highest BCUT2D eigenvalue weighted by atomic mass is 16.4. The molecule has 0 spiro atoms. The van der Waals surface area contributed by atoms with Gasteiger partial charge in [0.2, 0.25) is 0 Å². The fourth-order valence-corrected chi connectivity index (χ4v) is 1.46. The Labute approximate surface area is 72.3 Å². The molecule has 0 aromatic carbocycles. The van der Waals surface area contributed by atoms with E-state index < -0.39 is 12.0 Å². The molecule has 0 aromatic rings. The van der Waals surface area contributed by atoms with Crippen molar-refractivity contribution in [1.29, 1.82) is 0 Å². The molecule has 1 rings (SSSR count). The van der Waals surface area contributed by atoms with Gasteiger partial charge in [0.1, 0.15) is 6.04 Å². The van der Waals surface area contributed by atoms with Crippen LogP contribution >= 0.6 is 0 Å². The van der Waals surface area contributed by atoms with Gasteiger partial charge < -0.3 is 10.8 Å². The largest absolute Gasteiger partial charge is 0.480 e. The van der Waals surface area contributed by atoms with Crippen molar-refractivity contribution >= 4 is 5.97 Å². The van der Waals surface area contributed by atoms with E-state index in [-0.39, 0.29) is 0 Å². The minimum atomic E-state index is -0.901. The number of nitrogens with two attached hydrogens (primary N) is 1. The maximum Gasteiger partial charge on any atom is 0.320 e. The lowest BCUT2D eigenvalue weighted by molar-refractivity contribution is -0.138. The van der Waals surface area contributed by atoms with E-state index in [1.165, 1.54) is 18.4 Å². The Kier molecular flexibility index (Phi) is 3.29. The molecule has 0 aliphatic heterocycles. The van der Waals surface area contributed by atoms with Gasteiger partial charge in [-0.2, -0.15) is 0 Å². The van der Waals surface area contributed by atoms with Crippen molar-refractivity contribution in [3.05, 3.63) is 11.6 Å². The van der Waals surface area contributed by atoms with Crippen LogP contribution in [0, 0.1) is 0 Å². The summed E-state index contributed by atoms with van der Waals surface area (Å²) >= 11 is 0. The normalized spacial score (nSPS) is 19.9. The maximum atomic E-state index is 10.4. The van der Waals surface area contributed by atoms with Crippen molar-refractivity contribution in [2.75, 3.05) is 0 Å². The van der Waals surface area contributed by atoms with E-state index in [2.05, 4.69) is 6.08 Å². The molecule has 0 heterocycles. The summed E-state index contributed by atoms with van der Waals surface area (Å²) in [7, 11) is 0. The van der Waals surface area contributed by atoms with E-state index in [4.69, 9.17) is 10.8 Å². The predicted octanol–water partition coefficient (Wildman–Crippen LogP) is 1.29. The van der Waals surface area contributed by atoms with E-state index in [1.807, 2.05) is 0 Å².